The average molecular weight is 387 g/mol. The second-order valence-electron chi connectivity index (χ2n) is 6.87. The van der Waals surface area contributed by atoms with E-state index in [1.165, 1.54) is 11.9 Å². The van der Waals surface area contributed by atoms with Gasteiger partial charge in [-0.1, -0.05) is 0 Å². The maximum absolute atomic E-state index is 13.2. The summed E-state index contributed by atoms with van der Waals surface area (Å²) in [5.41, 5.74) is 2.52. The summed E-state index contributed by atoms with van der Waals surface area (Å²) in [7, 11) is 0. The average Bonchev–Trinajstić information content (AvgIpc) is 3.33. The van der Waals surface area contributed by atoms with Gasteiger partial charge in [-0.15, -0.1) is 0 Å². The van der Waals surface area contributed by atoms with E-state index >= 15 is 0 Å². The van der Waals surface area contributed by atoms with Crippen LogP contribution in [0.25, 0.3) is 22.2 Å². The fraction of sp³-hybridized carbons (Fsp3) is 0.333. The van der Waals surface area contributed by atoms with Crippen LogP contribution >= 0.6 is 0 Å². The van der Waals surface area contributed by atoms with Crippen molar-refractivity contribution in [1.82, 2.24) is 29.9 Å². The van der Waals surface area contributed by atoms with Gasteiger partial charge in [-0.3, -0.25) is 0 Å². The highest BCUT2D eigenvalue weighted by molar-refractivity contribution is 5.83. The lowest BCUT2D eigenvalue weighted by atomic mass is 9.89. The standard InChI is InChI=1S/C18H16F3N7/c19-18(20,21)17-26-15-13(24-9-25-15)16(27-17)28-6-3-10(4-7-28)12-8-23-14-11(12)2-1-5-22-14/h1-2,5,8-10H,3-4,6-7H2,(H,22,23)(H,24,25,26,27). The zero-order valence-electron chi connectivity index (χ0n) is 14.7. The molecule has 4 aromatic heterocycles. The van der Waals surface area contributed by atoms with Crippen molar-refractivity contribution in [2.24, 2.45) is 0 Å². The van der Waals surface area contributed by atoms with Crippen LogP contribution in [0.3, 0.4) is 0 Å². The first kappa shape index (κ1) is 17.0. The molecule has 0 aliphatic carbocycles. The van der Waals surface area contributed by atoms with Crippen molar-refractivity contribution in [2.45, 2.75) is 24.9 Å². The molecule has 0 amide bonds. The van der Waals surface area contributed by atoms with E-state index in [1.807, 2.05) is 23.2 Å². The van der Waals surface area contributed by atoms with Gasteiger partial charge in [-0.25, -0.2) is 19.9 Å². The second-order valence-corrected chi connectivity index (χ2v) is 6.87. The van der Waals surface area contributed by atoms with Gasteiger partial charge in [0.25, 0.3) is 0 Å². The summed E-state index contributed by atoms with van der Waals surface area (Å²) in [6.07, 6.45) is 2.07. The molecule has 7 nitrogen and oxygen atoms in total. The van der Waals surface area contributed by atoms with Gasteiger partial charge < -0.3 is 14.9 Å². The molecule has 1 aliphatic heterocycles. The van der Waals surface area contributed by atoms with Crippen molar-refractivity contribution in [2.75, 3.05) is 18.0 Å². The molecule has 28 heavy (non-hydrogen) atoms. The zero-order chi connectivity index (χ0) is 19.3. The molecule has 0 aromatic carbocycles. The molecule has 144 valence electrons. The predicted molar refractivity (Wildman–Crippen MR) is 97.0 cm³/mol. The van der Waals surface area contributed by atoms with E-state index in [0.29, 0.717) is 24.5 Å². The molecule has 1 aliphatic rings. The lowest BCUT2D eigenvalue weighted by molar-refractivity contribution is -0.144. The van der Waals surface area contributed by atoms with Gasteiger partial charge in [0, 0.05) is 30.9 Å². The topological polar surface area (TPSA) is 86.4 Å². The summed E-state index contributed by atoms with van der Waals surface area (Å²) in [5.74, 6) is -0.587. The molecule has 0 bridgehead atoms. The van der Waals surface area contributed by atoms with Gasteiger partial charge in [0.2, 0.25) is 5.82 Å². The van der Waals surface area contributed by atoms with E-state index < -0.39 is 12.0 Å². The normalized spacial score (nSPS) is 16.3. The van der Waals surface area contributed by atoms with Crippen LogP contribution in [-0.2, 0) is 6.18 Å². The quantitative estimate of drug-likeness (QED) is 0.549. The summed E-state index contributed by atoms with van der Waals surface area (Å²) in [6, 6.07) is 3.94. The highest BCUT2D eigenvalue weighted by atomic mass is 19.4. The molecule has 0 radical (unpaired) electrons. The molecule has 2 N–H and O–H groups in total. The van der Waals surface area contributed by atoms with Crippen LogP contribution in [0.5, 0.6) is 0 Å². The SMILES string of the molecule is FC(F)(F)c1nc(N2CCC(c3c[nH]c4ncccc34)CC2)c2[nH]cnc2n1. The number of anilines is 1. The zero-order valence-corrected chi connectivity index (χ0v) is 14.7. The third-order valence-corrected chi connectivity index (χ3v) is 5.24. The maximum Gasteiger partial charge on any atom is 0.451 e. The number of alkyl halides is 3. The van der Waals surface area contributed by atoms with Crippen LogP contribution in [0.1, 0.15) is 30.1 Å². The Balaban J connectivity index is 1.43. The lowest BCUT2D eigenvalue weighted by Crippen LogP contribution is -2.34. The number of piperidine rings is 1. The number of fused-ring (bicyclic) bond motifs is 2. The minimum Gasteiger partial charge on any atom is -0.355 e. The molecule has 4 aromatic rings. The smallest absolute Gasteiger partial charge is 0.355 e. The Hall–Kier alpha value is -3.17. The molecule has 5 rings (SSSR count). The highest BCUT2D eigenvalue weighted by Crippen LogP contribution is 2.36. The van der Waals surface area contributed by atoms with E-state index in [9.17, 15) is 13.2 Å². The lowest BCUT2D eigenvalue weighted by Gasteiger charge is -2.33. The fourth-order valence-electron chi connectivity index (χ4n) is 3.89. The molecule has 0 saturated carbocycles. The first-order chi connectivity index (χ1) is 13.5. The second kappa shape index (κ2) is 6.18. The molecule has 0 atom stereocenters. The Bertz CT molecular complexity index is 1140. The van der Waals surface area contributed by atoms with Crippen LogP contribution in [0.2, 0.25) is 0 Å². The minimum absolute atomic E-state index is 0.0298. The monoisotopic (exact) mass is 387 g/mol. The number of halogens is 3. The number of imidazole rings is 1. The third kappa shape index (κ3) is 2.76. The summed E-state index contributed by atoms with van der Waals surface area (Å²) in [5, 5.41) is 1.10. The number of nitrogens with zero attached hydrogens (tertiary/aromatic N) is 5. The van der Waals surface area contributed by atoms with Gasteiger partial charge in [0.1, 0.15) is 11.2 Å². The molecular weight excluding hydrogens is 371 g/mol. The minimum atomic E-state index is -4.61. The molecule has 0 unspecified atom stereocenters. The van der Waals surface area contributed by atoms with E-state index in [4.69, 9.17) is 0 Å². The number of aromatic amines is 2. The third-order valence-electron chi connectivity index (χ3n) is 5.24. The number of nitrogens with one attached hydrogen (secondary N) is 2. The maximum atomic E-state index is 13.2. The Morgan fingerprint density at radius 1 is 1.07 bits per heavy atom. The summed E-state index contributed by atoms with van der Waals surface area (Å²) in [4.78, 5) is 23.5. The Morgan fingerprint density at radius 3 is 2.68 bits per heavy atom. The summed E-state index contributed by atoms with van der Waals surface area (Å²) < 4.78 is 39.5. The van der Waals surface area contributed by atoms with Crippen molar-refractivity contribution in [3.63, 3.8) is 0 Å². The van der Waals surface area contributed by atoms with E-state index in [2.05, 4.69) is 29.9 Å². The van der Waals surface area contributed by atoms with Crippen molar-refractivity contribution >= 4 is 28.0 Å². The molecule has 10 heteroatoms. The van der Waals surface area contributed by atoms with Crippen LogP contribution in [-0.4, -0.2) is 43.0 Å². The van der Waals surface area contributed by atoms with Crippen molar-refractivity contribution in [3.8, 4) is 0 Å². The number of H-pyrrole nitrogens is 2. The molecule has 0 spiro atoms. The number of pyridine rings is 1. The fourth-order valence-corrected chi connectivity index (χ4v) is 3.89. The largest absolute Gasteiger partial charge is 0.451 e. The van der Waals surface area contributed by atoms with Gasteiger partial charge in [0.15, 0.2) is 11.5 Å². The first-order valence-electron chi connectivity index (χ1n) is 8.96. The summed E-state index contributed by atoms with van der Waals surface area (Å²) >= 11 is 0. The van der Waals surface area contributed by atoms with Crippen molar-refractivity contribution in [3.05, 3.63) is 42.2 Å². The number of hydrogen-bond donors (Lipinski definition) is 2. The van der Waals surface area contributed by atoms with Crippen molar-refractivity contribution in [1.29, 1.82) is 0 Å². The van der Waals surface area contributed by atoms with E-state index in [-0.39, 0.29) is 11.5 Å². The van der Waals surface area contributed by atoms with Gasteiger partial charge in [-0.05, 0) is 36.5 Å². The highest BCUT2D eigenvalue weighted by Gasteiger charge is 2.37. The molecule has 5 heterocycles. The summed E-state index contributed by atoms with van der Waals surface area (Å²) in [6.45, 7) is 1.19. The van der Waals surface area contributed by atoms with Crippen LogP contribution in [0.15, 0.2) is 30.9 Å². The van der Waals surface area contributed by atoms with Crippen LogP contribution in [0, 0.1) is 0 Å². The predicted octanol–water partition coefficient (Wildman–Crippen LogP) is 3.63. The Morgan fingerprint density at radius 2 is 1.89 bits per heavy atom. The first-order valence-corrected chi connectivity index (χ1v) is 8.96. The van der Waals surface area contributed by atoms with E-state index in [0.717, 1.165) is 23.9 Å². The van der Waals surface area contributed by atoms with Gasteiger partial charge >= 0.3 is 6.18 Å². The van der Waals surface area contributed by atoms with Crippen molar-refractivity contribution < 1.29 is 13.2 Å². The van der Waals surface area contributed by atoms with Crippen LogP contribution in [0.4, 0.5) is 19.0 Å². The Kier molecular flexibility index (Phi) is 3.74. The molecule has 1 saturated heterocycles. The number of rotatable bonds is 2. The molecular formula is C18H16F3N7. The van der Waals surface area contributed by atoms with E-state index in [1.54, 1.807) is 6.20 Å². The molecule has 1 fully saturated rings. The number of hydrogen-bond acceptors (Lipinski definition) is 5. The van der Waals surface area contributed by atoms with Crippen LogP contribution < -0.4 is 4.90 Å². The number of aromatic nitrogens is 6. The van der Waals surface area contributed by atoms with Gasteiger partial charge in [0.05, 0.1) is 6.33 Å². The van der Waals surface area contributed by atoms with Gasteiger partial charge in [-0.2, -0.15) is 13.2 Å². The Labute approximate surface area is 157 Å².